The third-order valence-electron chi connectivity index (χ3n) is 4.93. The summed E-state index contributed by atoms with van der Waals surface area (Å²) in [5, 5.41) is 20.3. The largest absolute Gasteiger partial charge is 0.473 e. The van der Waals surface area contributed by atoms with Gasteiger partial charge in [-0.2, -0.15) is 5.10 Å². The van der Waals surface area contributed by atoms with Gasteiger partial charge in [0, 0.05) is 17.1 Å². The molecular formula is C19H23N5O4. The first kappa shape index (κ1) is 19.6. The molecule has 9 nitrogen and oxygen atoms in total. The molecule has 0 saturated carbocycles. The maximum absolute atomic E-state index is 9.10. The molecule has 0 spiro atoms. The minimum atomic E-state index is -1.82. The van der Waals surface area contributed by atoms with E-state index in [2.05, 4.69) is 51.4 Å². The summed E-state index contributed by atoms with van der Waals surface area (Å²) < 4.78 is 1.86. The molecule has 3 aromatic rings. The van der Waals surface area contributed by atoms with Crippen LogP contribution in [0.15, 0.2) is 37.1 Å². The molecule has 4 rings (SSSR count). The average molecular weight is 385 g/mol. The van der Waals surface area contributed by atoms with Gasteiger partial charge < -0.3 is 20.1 Å². The number of hydrogen-bond donors (Lipinski definition) is 3. The Bertz CT molecular complexity index is 931. The number of carboxylic acid groups (broad SMARTS) is 2. The number of aliphatic carboxylic acids is 2. The highest BCUT2D eigenvalue weighted by Gasteiger charge is 2.21. The third-order valence-corrected chi connectivity index (χ3v) is 4.93. The highest BCUT2D eigenvalue weighted by molar-refractivity contribution is 6.27. The van der Waals surface area contributed by atoms with Gasteiger partial charge in [-0.25, -0.2) is 19.3 Å². The minimum absolute atomic E-state index is 0.673. The van der Waals surface area contributed by atoms with Crippen LogP contribution in [0.25, 0.3) is 10.9 Å². The second-order valence-electron chi connectivity index (χ2n) is 6.90. The fourth-order valence-electron chi connectivity index (χ4n) is 3.45. The molecule has 1 saturated heterocycles. The van der Waals surface area contributed by atoms with E-state index in [1.165, 1.54) is 48.0 Å². The van der Waals surface area contributed by atoms with Crippen LogP contribution in [0.1, 0.15) is 29.9 Å². The standard InChI is InChI=1S/C17H21N5.C2H2O4/c1-21-6-4-14(5-7-21)16-9-19-17-3-2-13(8-15(16)17)10-22-12-18-11-20-22;3-1(4)2(5)6/h2-3,8-9,11-12,14,19H,4-7,10H2,1H3;(H,3,4)(H,5,6). The topological polar surface area (TPSA) is 124 Å². The Morgan fingerprint density at radius 2 is 1.93 bits per heavy atom. The Kier molecular flexibility index (Phi) is 6.05. The van der Waals surface area contributed by atoms with Gasteiger partial charge in [0.15, 0.2) is 0 Å². The zero-order valence-corrected chi connectivity index (χ0v) is 15.6. The summed E-state index contributed by atoms with van der Waals surface area (Å²) in [5.41, 5.74) is 3.98. The molecule has 0 aliphatic carbocycles. The number of nitrogens with zero attached hydrogens (tertiary/aromatic N) is 4. The monoisotopic (exact) mass is 385 g/mol. The number of fused-ring (bicyclic) bond motifs is 1. The van der Waals surface area contributed by atoms with Gasteiger partial charge in [0.2, 0.25) is 0 Å². The number of likely N-dealkylation sites (tertiary alicyclic amines) is 1. The molecule has 9 heteroatoms. The number of rotatable bonds is 3. The van der Waals surface area contributed by atoms with Gasteiger partial charge in [0.05, 0.1) is 6.54 Å². The van der Waals surface area contributed by atoms with Crippen molar-refractivity contribution < 1.29 is 19.8 Å². The molecule has 28 heavy (non-hydrogen) atoms. The van der Waals surface area contributed by atoms with Crippen LogP contribution < -0.4 is 0 Å². The smallest absolute Gasteiger partial charge is 0.414 e. The van der Waals surface area contributed by atoms with Crippen LogP contribution in [0.4, 0.5) is 0 Å². The quantitative estimate of drug-likeness (QED) is 0.587. The fourth-order valence-corrected chi connectivity index (χ4v) is 3.45. The van der Waals surface area contributed by atoms with Gasteiger partial charge in [-0.3, -0.25) is 0 Å². The van der Waals surface area contributed by atoms with Crippen molar-refractivity contribution in [1.82, 2.24) is 24.6 Å². The summed E-state index contributed by atoms with van der Waals surface area (Å²) in [6, 6.07) is 6.65. The Morgan fingerprint density at radius 3 is 2.54 bits per heavy atom. The highest BCUT2D eigenvalue weighted by atomic mass is 16.4. The van der Waals surface area contributed by atoms with Crippen molar-refractivity contribution in [2.45, 2.75) is 25.3 Å². The van der Waals surface area contributed by atoms with Crippen LogP contribution in [0.2, 0.25) is 0 Å². The number of aromatic amines is 1. The summed E-state index contributed by atoms with van der Waals surface area (Å²) in [6.07, 6.45) is 8.05. The molecule has 1 aliphatic heterocycles. The summed E-state index contributed by atoms with van der Waals surface area (Å²) >= 11 is 0. The van der Waals surface area contributed by atoms with E-state index in [1.54, 1.807) is 12.7 Å². The van der Waals surface area contributed by atoms with E-state index in [1.807, 2.05) is 4.68 Å². The van der Waals surface area contributed by atoms with Crippen LogP contribution in [0, 0.1) is 0 Å². The molecule has 1 aromatic carbocycles. The van der Waals surface area contributed by atoms with Crippen molar-refractivity contribution >= 4 is 22.8 Å². The molecule has 0 unspecified atom stereocenters. The second kappa shape index (κ2) is 8.66. The molecule has 1 aliphatic rings. The second-order valence-corrected chi connectivity index (χ2v) is 6.90. The molecule has 0 radical (unpaired) electrons. The van der Waals surface area contributed by atoms with Crippen LogP contribution in [0.3, 0.4) is 0 Å². The van der Waals surface area contributed by atoms with E-state index in [0.29, 0.717) is 5.92 Å². The first-order chi connectivity index (χ1) is 13.4. The van der Waals surface area contributed by atoms with Gasteiger partial charge in [-0.1, -0.05) is 6.07 Å². The Balaban J connectivity index is 0.000000330. The van der Waals surface area contributed by atoms with Crippen molar-refractivity contribution in [1.29, 1.82) is 0 Å². The molecule has 0 bridgehead atoms. The van der Waals surface area contributed by atoms with E-state index in [-0.39, 0.29) is 0 Å². The van der Waals surface area contributed by atoms with Crippen molar-refractivity contribution in [2.24, 2.45) is 0 Å². The number of H-pyrrole nitrogens is 1. The van der Waals surface area contributed by atoms with Crippen molar-refractivity contribution in [3.8, 4) is 0 Å². The minimum Gasteiger partial charge on any atom is -0.473 e. The van der Waals surface area contributed by atoms with Gasteiger partial charge in [0.1, 0.15) is 12.7 Å². The number of piperidine rings is 1. The van der Waals surface area contributed by atoms with E-state index in [0.717, 1.165) is 6.54 Å². The SMILES string of the molecule is CN1CCC(c2c[nH]c3ccc(Cn4cncn4)cc23)CC1.O=C(O)C(=O)O. The van der Waals surface area contributed by atoms with E-state index < -0.39 is 11.9 Å². The molecule has 2 aromatic heterocycles. The zero-order chi connectivity index (χ0) is 20.1. The lowest BCUT2D eigenvalue weighted by atomic mass is 9.89. The Labute approximate surface area is 161 Å². The number of carbonyl (C=O) groups is 2. The van der Waals surface area contributed by atoms with Crippen LogP contribution in [-0.4, -0.2) is 66.9 Å². The Morgan fingerprint density at radius 1 is 1.21 bits per heavy atom. The zero-order valence-electron chi connectivity index (χ0n) is 15.6. The maximum atomic E-state index is 9.10. The lowest BCUT2D eigenvalue weighted by Gasteiger charge is -2.28. The van der Waals surface area contributed by atoms with E-state index in [4.69, 9.17) is 19.8 Å². The van der Waals surface area contributed by atoms with Crippen molar-refractivity contribution in [2.75, 3.05) is 20.1 Å². The maximum Gasteiger partial charge on any atom is 0.414 e. The predicted molar refractivity (Wildman–Crippen MR) is 102 cm³/mol. The molecule has 3 heterocycles. The summed E-state index contributed by atoms with van der Waals surface area (Å²) in [7, 11) is 2.21. The normalized spacial score (nSPS) is 15.2. The number of nitrogens with one attached hydrogen (secondary N) is 1. The summed E-state index contributed by atoms with van der Waals surface area (Å²) in [5.74, 6) is -2.98. The molecule has 3 N–H and O–H groups in total. The predicted octanol–water partition coefficient (Wildman–Crippen LogP) is 1.77. The summed E-state index contributed by atoms with van der Waals surface area (Å²) in [4.78, 5) is 28.1. The van der Waals surface area contributed by atoms with Crippen LogP contribution >= 0.6 is 0 Å². The number of carboxylic acids is 2. The highest BCUT2D eigenvalue weighted by Crippen LogP contribution is 2.33. The number of hydrogen-bond acceptors (Lipinski definition) is 5. The lowest BCUT2D eigenvalue weighted by molar-refractivity contribution is -0.159. The Hall–Kier alpha value is -3.20. The van der Waals surface area contributed by atoms with E-state index in [9.17, 15) is 0 Å². The molecule has 1 fully saturated rings. The van der Waals surface area contributed by atoms with Gasteiger partial charge >= 0.3 is 11.9 Å². The first-order valence-electron chi connectivity index (χ1n) is 9.01. The number of benzene rings is 1. The van der Waals surface area contributed by atoms with Crippen LogP contribution in [-0.2, 0) is 16.1 Å². The number of aromatic nitrogens is 4. The third kappa shape index (κ3) is 4.74. The molecule has 0 amide bonds. The van der Waals surface area contributed by atoms with Crippen LogP contribution in [0.5, 0.6) is 0 Å². The van der Waals surface area contributed by atoms with Gasteiger partial charge in [0.25, 0.3) is 0 Å². The van der Waals surface area contributed by atoms with Gasteiger partial charge in [-0.05, 0) is 62.2 Å². The van der Waals surface area contributed by atoms with E-state index >= 15 is 0 Å². The van der Waals surface area contributed by atoms with Crippen molar-refractivity contribution in [3.63, 3.8) is 0 Å². The van der Waals surface area contributed by atoms with Gasteiger partial charge in [-0.15, -0.1) is 0 Å². The lowest BCUT2D eigenvalue weighted by Crippen LogP contribution is -2.29. The van der Waals surface area contributed by atoms with Crippen molar-refractivity contribution in [3.05, 3.63) is 48.2 Å². The molecular weight excluding hydrogens is 362 g/mol. The fraction of sp³-hybridized carbons (Fsp3) is 0.368. The molecule has 0 atom stereocenters. The average Bonchev–Trinajstić information content (AvgIpc) is 3.32. The summed E-state index contributed by atoms with van der Waals surface area (Å²) in [6.45, 7) is 3.15. The first-order valence-corrected chi connectivity index (χ1v) is 9.01. The molecule has 148 valence electrons.